The van der Waals surface area contributed by atoms with E-state index in [1.54, 1.807) is 37.6 Å². The summed E-state index contributed by atoms with van der Waals surface area (Å²) in [4.78, 5) is 30.3. The second-order valence-corrected chi connectivity index (χ2v) is 7.11. The minimum absolute atomic E-state index is 0.120. The molecule has 4 aromatic rings. The Balaban J connectivity index is 1.69. The fourth-order valence-corrected chi connectivity index (χ4v) is 3.40. The first kappa shape index (κ1) is 19.4. The predicted octanol–water partition coefficient (Wildman–Crippen LogP) is 3.45. The fourth-order valence-electron chi connectivity index (χ4n) is 3.40. The number of aromatic nitrogens is 3. The van der Waals surface area contributed by atoms with E-state index in [9.17, 15) is 9.59 Å². The molecule has 7 heteroatoms. The molecule has 0 aliphatic heterocycles. The van der Waals surface area contributed by atoms with Gasteiger partial charge in [0, 0.05) is 11.9 Å². The zero-order chi connectivity index (χ0) is 21.3. The second-order valence-electron chi connectivity index (χ2n) is 7.11. The van der Waals surface area contributed by atoms with Crippen molar-refractivity contribution in [3.63, 3.8) is 0 Å². The molecule has 1 N–H and O–H groups in total. The molecule has 0 fully saturated rings. The van der Waals surface area contributed by atoms with Crippen molar-refractivity contribution in [3.8, 4) is 11.4 Å². The molecule has 0 radical (unpaired) electrons. The van der Waals surface area contributed by atoms with E-state index in [0.717, 1.165) is 11.1 Å². The smallest absolute Gasteiger partial charge is 0.335 e. The van der Waals surface area contributed by atoms with Crippen LogP contribution in [0.15, 0.2) is 65.6 Å². The summed E-state index contributed by atoms with van der Waals surface area (Å²) in [5.74, 6) is 0.422. The van der Waals surface area contributed by atoms with Crippen LogP contribution in [0, 0.1) is 13.8 Å². The van der Waals surface area contributed by atoms with Gasteiger partial charge < -0.3 is 10.1 Å². The summed E-state index contributed by atoms with van der Waals surface area (Å²) < 4.78 is 8.17. The molecule has 0 aliphatic carbocycles. The number of hydrogen-bond donors (Lipinski definition) is 1. The van der Waals surface area contributed by atoms with Crippen LogP contribution in [0.5, 0.6) is 5.75 Å². The lowest BCUT2D eigenvalue weighted by atomic mass is 10.2. The predicted molar refractivity (Wildman–Crippen MR) is 116 cm³/mol. The van der Waals surface area contributed by atoms with Gasteiger partial charge in [0.05, 0.1) is 18.3 Å². The van der Waals surface area contributed by atoms with Crippen LogP contribution < -0.4 is 15.7 Å². The summed E-state index contributed by atoms with van der Waals surface area (Å²) in [5.41, 5.74) is 4.16. The highest BCUT2D eigenvalue weighted by Crippen LogP contribution is 2.21. The Labute approximate surface area is 173 Å². The van der Waals surface area contributed by atoms with Gasteiger partial charge in [-0.15, -0.1) is 0 Å². The Morgan fingerprint density at radius 3 is 2.57 bits per heavy atom. The van der Waals surface area contributed by atoms with Gasteiger partial charge in [0.2, 0.25) is 5.91 Å². The topological polar surface area (TPSA) is 78.1 Å². The first-order chi connectivity index (χ1) is 14.5. The van der Waals surface area contributed by atoms with Crippen molar-refractivity contribution in [2.75, 3.05) is 12.4 Å². The first-order valence-electron chi connectivity index (χ1n) is 9.55. The summed E-state index contributed by atoms with van der Waals surface area (Å²) in [6.07, 6.45) is 1.64. The van der Waals surface area contributed by atoms with Gasteiger partial charge in [-0.1, -0.05) is 17.7 Å². The summed E-state index contributed by atoms with van der Waals surface area (Å²) in [7, 11) is 1.59. The third-order valence-electron chi connectivity index (χ3n) is 4.99. The summed E-state index contributed by atoms with van der Waals surface area (Å²) in [6, 6.07) is 16.6. The van der Waals surface area contributed by atoms with Crippen molar-refractivity contribution in [2.45, 2.75) is 20.4 Å². The van der Waals surface area contributed by atoms with Crippen LogP contribution in [0.25, 0.3) is 16.9 Å². The summed E-state index contributed by atoms with van der Waals surface area (Å²) in [6.45, 7) is 3.75. The lowest BCUT2D eigenvalue weighted by molar-refractivity contribution is -0.116. The molecule has 2 aromatic carbocycles. The highest BCUT2D eigenvalue weighted by atomic mass is 16.5. The number of nitrogens with one attached hydrogen (secondary N) is 1. The number of imidazole rings is 1. The van der Waals surface area contributed by atoms with Gasteiger partial charge in [0.25, 0.3) is 0 Å². The lowest BCUT2D eigenvalue weighted by Gasteiger charge is -2.10. The number of aryl methyl sites for hydroxylation is 2. The van der Waals surface area contributed by atoms with E-state index < -0.39 is 0 Å². The van der Waals surface area contributed by atoms with Crippen LogP contribution in [0.2, 0.25) is 0 Å². The van der Waals surface area contributed by atoms with Crippen molar-refractivity contribution < 1.29 is 9.53 Å². The third-order valence-corrected chi connectivity index (χ3v) is 4.99. The van der Waals surface area contributed by atoms with Gasteiger partial charge in [-0.2, -0.15) is 0 Å². The number of methoxy groups -OCH3 is 1. The van der Waals surface area contributed by atoms with Crippen molar-refractivity contribution >= 4 is 22.8 Å². The Morgan fingerprint density at radius 2 is 1.87 bits per heavy atom. The molecule has 0 saturated carbocycles. The molecule has 0 spiro atoms. The molecule has 0 aliphatic rings. The number of amides is 1. The SMILES string of the molecule is COc1ccc(NC(=O)Cn2c(=O)n(-c3ccc(C)cc3)c3ncccc32)c(C)c1. The maximum Gasteiger partial charge on any atom is 0.335 e. The van der Waals surface area contributed by atoms with Crippen molar-refractivity contribution in [1.29, 1.82) is 0 Å². The monoisotopic (exact) mass is 402 g/mol. The van der Waals surface area contributed by atoms with Gasteiger partial charge in [-0.3, -0.25) is 9.36 Å². The number of fused-ring (bicyclic) bond motifs is 1. The average Bonchev–Trinajstić information content (AvgIpc) is 3.02. The molecule has 7 nitrogen and oxygen atoms in total. The van der Waals surface area contributed by atoms with E-state index in [0.29, 0.717) is 28.3 Å². The molecule has 0 bridgehead atoms. The number of anilines is 1. The Morgan fingerprint density at radius 1 is 1.10 bits per heavy atom. The van der Waals surface area contributed by atoms with Gasteiger partial charge >= 0.3 is 5.69 Å². The van der Waals surface area contributed by atoms with Crippen LogP contribution in [0.3, 0.4) is 0 Å². The maximum atomic E-state index is 13.2. The normalized spacial score (nSPS) is 10.9. The highest BCUT2D eigenvalue weighted by molar-refractivity contribution is 5.92. The van der Waals surface area contributed by atoms with E-state index in [2.05, 4.69) is 10.3 Å². The van der Waals surface area contributed by atoms with E-state index in [1.807, 2.05) is 44.2 Å². The van der Waals surface area contributed by atoms with E-state index in [4.69, 9.17) is 4.74 Å². The Hall–Kier alpha value is -3.87. The van der Waals surface area contributed by atoms with Crippen molar-refractivity contribution in [1.82, 2.24) is 14.1 Å². The van der Waals surface area contributed by atoms with Gasteiger partial charge in [0.1, 0.15) is 12.3 Å². The summed E-state index contributed by atoms with van der Waals surface area (Å²) >= 11 is 0. The van der Waals surface area contributed by atoms with Crippen LogP contribution in [0.1, 0.15) is 11.1 Å². The zero-order valence-corrected chi connectivity index (χ0v) is 17.0. The molecule has 4 rings (SSSR count). The molecule has 30 heavy (non-hydrogen) atoms. The zero-order valence-electron chi connectivity index (χ0n) is 17.0. The number of nitrogens with zero attached hydrogens (tertiary/aromatic N) is 3. The first-order valence-corrected chi connectivity index (χ1v) is 9.55. The number of carbonyl (C=O) groups excluding carboxylic acids is 1. The molecule has 0 atom stereocenters. The molecule has 2 aromatic heterocycles. The molecule has 1 amide bonds. The molecule has 2 heterocycles. The van der Waals surface area contributed by atoms with Crippen LogP contribution in [-0.4, -0.2) is 27.1 Å². The second kappa shape index (κ2) is 7.87. The van der Waals surface area contributed by atoms with Crippen LogP contribution >= 0.6 is 0 Å². The van der Waals surface area contributed by atoms with Gasteiger partial charge in [-0.25, -0.2) is 14.3 Å². The number of hydrogen-bond acceptors (Lipinski definition) is 4. The lowest BCUT2D eigenvalue weighted by Crippen LogP contribution is -2.29. The molecular formula is C23H22N4O3. The number of rotatable bonds is 5. The van der Waals surface area contributed by atoms with Crippen molar-refractivity contribution in [3.05, 3.63) is 82.4 Å². The molecule has 0 saturated heterocycles. The molecular weight excluding hydrogens is 380 g/mol. The minimum Gasteiger partial charge on any atom is -0.497 e. The summed E-state index contributed by atoms with van der Waals surface area (Å²) in [5, 5.41) is 2.87. The minimum atomic E-state index is -0.311. The van der Waals surface area contributed by atoms with Crippen molar-refractivity contribution in [2.24, 2.45) is 0 Å². The maximum absolute atomic E-state index is 13.2. The quantitative estimate of drug-likeness (QED) is 0.555. The third kappa shape index (κ3) is 3.57. The number of pyridine rings is 1. The van der Waals surface area contributed by atoms with Gasteiger partial charge in [-0.05, 0) is 61.9 Å². The number of benzene rings is 2. The van der Waals surface area contributed by atoms with Gasteiger partial charge in [0.15, 0.2) is 5.65 Å². The Bertz CT molecular complexity index is 1290. The molecule has 152 valence electrons. The van der Waals surface area contributed by atoms with E-state index in [-0.39, 0.29) is 18.1 Å². The standard InChI is InChI=1S/C23H22N4O3/c1-15-6-8-17(9-7-15)27-22-20(5-4-12-24-22)26(23(27)29)14-21(28)25-19-11-10-18(30-3)13-16(19)2/h4-13H,14H2,1-3H3,(H,25,28). The van der Waals surface area contributed by atoms with E-state index in [1.165, 1.54) is 9.13 Å². The number of ether oxygens (including phenoxy) is 1. The Kier molecular flexibility index (Phi) is 5.10. The van der Waals surface area contributed by atoms with Crippen LogP contribution in [0.4, 0.5) is 5.69 Å². The fraction of sp³-hybridized carbons (Fsp3) is 0.174. The highest BCUT2D eigenvalue weighted by Gasteiger charge is 2.18. The molecule has 0 unspecified atom stereocenters. The van der Waals surface area contributed by atoms with Crippen LogP contribution in [-0.2, 0) is 11.3 Å². The number of carbonyl (C=O) groups is 1. The average molecular weight is 402 g/mol. The largest absolute Gasteiger partial charge is 0.497 e. The van der Waals surface area contributed by atoms with E-state index >= 15 is 0 Å².